The molecule has 2 nitrogen and oxygen atoms in total. The van der Waals surface area contributed by atoms with Crippen molar-refractivity contribution in [1.29, 1.82) is 0 Å². The summed E-state index contributed by atoms with van der Waals surface area (Å²) in [4.78, 5) is 0. The molecule has 3 heteroatoms. The van der Waals surface area contributed by atoms with E-state index in [0.29, 0.717) is 16.9 Å². The normalized spacial score (nSPS) is 28.0. The highest BCUT2D eigenvalue weighted by atomic mass is 32.2. The third kappa shape index (κ3) is 4.75. The SMILES string of the molecule is CCC1CC(NCC(C)(C)SC)CCO1. The van der Waals surface area contributed by atoms with Crippen molar-refractivity contribution in [2.75, 3.05) is 19.4 Å². The molecule has 1 N–H and O–H groups in total. The monoisotopic (exact) mass is 231 g/mol. The third-order valence-electron chi connectivity index (χ3n) is 3.19. The van der Waals surface area contributed by atoms with Gasteiger partial charge in [-0.1, -0.05) is 6.92 Å². The van der Waals surface area contributed by atoms with E-state index in [4.69, 9.17) is 4.74 Å². The summed E-state index contributed by atoms with van der Waals surface area (Å²) in [6, 6.07) is 0.662. The maximum Gasteiger partial charge on any atom is 0.0587 e. The fourth-order valence-electron chi connectivity index (χ4n) is 1.81. The van der Waals surface area contributed by atoms with Crippen LogP contribution >= 0.6 is 11.8 Å². The average molecular weight is 231 g/mol. The Kier molecular flexibility index (Phi) is 5.44. The first-order valence-electron chi connectivity index (χ1n) is 5.97. The molecule has 0 saturated carbocycles. The van der Waals surface area contributed by atoms with E-state index >= 15 is 0 Å². The molecule has 2 unspecified atom stereocenters. The summed E-state index contributed by atoms with van der Waals surface area (Å²) in [6.07, 6.45) is 6.15. The van der Waals surface area contributed by atoms with Gasteiger partial charge in [0.2, 0.25) is 0 Å². The van der Waals surface area contributed by atoms with Crippen LogP contribution in [0, 0.1) is 0 Å². The number of hydrogen-bond donors (Lipinski definition) is 1. The minimum Gasteiger partial charge on any atom is -0.378 e. The Morgan fingerprint density at radius 3 is 2.80 bits per heavy atom. The Labute approximate surface area is 98.5 Å². The van der Waals surface area contributed by atoms with Gasteiger partial charge < -0.3 is 10.1 Å². The lowest BCUT2D eigenvalue weighted by Gasteiger charge is -2.32. The van der Waals surface area contributed by atoms with E-state index in [1.807, 2.05) is 11.8 Å². The smallest absolute Gasteiger partial charge is 0.0587 e. The van der Waals surface area contributed by atoms with E-state index in [0.717, 1.165) is 19.6 Å². The van der Waals surface area contributed by atoms with Crippen LogP contribution in [0.15, 0.2) is 0 Å². The van der Waals surface area contributed by atoms with E-state index in [1.54, 1.807) is 0 Å². The molecule has 0 aromatic heterocycles. The molecular formula is C12H25NOS. The van der Waals surface area contributed by atoms with Crippen LogP contribution in [0.3, 0.4) is 0 Å². The summed E-state index contributed by atoms with van der Waals surface area (Å²) < 4.78 is 6.02. The molecular weight excluding hydrogens is 206 g/mol. The van der Waals surface area contributed by atoms with Crippen molar-refractivity contribution in [2.45, 2.75) is 56.9 Å². The first kappa shape index (κ1) is 13.3. The summed E-state index contributed by atoms with van der Waals surface area (Å²) in [5.41, 5.74) is 0. The van der Waals surface area contributed by atoms with Crippen LogP contribution in [-0.2, 0) is 4.74 Å². The number of rotatable bonds is 5. The first-order valence-corrected chi connectivity index (χ1v) is 7.20. The predicted octanol–water partition coefficient (Wildman–Crippen LogP) is 2.68. The van der Waals surface area contributed by atoms with Gasteiger partial charge in [0.25, 0.3) is 0 Å². The maximum atomic E-state index is 5.67. The summed E-state index contributed by atoms with van der Waals surface area (Å²) in [5, 5.41) is 3.68. The molecule has 1 fully saturated rings. The predicted molar refractivity (Wildman–Crippen MR) is 68.6 cm³/mol. The van der Waals surface area contributed by atoms with Crippen LogP contribution in [0.1, 0.15) is 40.0 Å². The van der Waals surface area contributed by atoms with Crippen LogP contribution in [0.5, 0.6) is 0 Å². The topological polar surface area (TPSA) is 21.3 Å². The molecule has 0 spiro atoms. The van der Waals surface area contributed by atoms with Gasteiger partial charge in [-0.3, -0.25) is 0 Å². The van der Waals surface area contributed by atoms with Crippen LogP contribution in [-0.4, -0.2) is 36.3 Å². The molecule has 15 heavy (non-hydrogen) atoms. The molecule has 0 radical (unpaired) electrons. The third-order valence-corrected chi connectivity index (χ3v) is 4.44. The zero-order valence-corrected chi connectivity index (χ0v) is 11.3. The highest BCUT2D eigenvalue weighted by molar-refractivity contribution is 7.99. The molecule has 1 aliphatic heterocycles. The van der Waals surface area contributed by atoms with E-state index in [1.165, 1.54) is 12.8 Å². The van der Waals surface area contributed by atoms with E-state index in [2.05, 4.69) is 32.3 Å². The van der Waals surface area contributed by atoms with Gasteiger partial charge in [0.15, 0.2) is 0 Å². The van der Waals surface area contributed by atoms with Crippen molar-refractivity contribution in [1.82, 2.24) is 5.32 Å². The minimum absolute atomic E-state index is 0.347. The fraction of sp³-hybridized carbons (Fsp3) is 1.00. The molecule has 0 amide bonds. The first-order chi connectivity index (χ1) is 7.07. The molecule has 1 saturated heterocycles. The summed E-state index contributed by atoms with van der Waals surface area (Å²) in [7, 11) is 0. The Balaban J connectivity index is 2.26. The van der Waals surface area contributed by atoms with Gasteiger partial charge in [-0.15, -0.1) is 0 Å². The molecule has 0 aromatic rings. The molecule has 2 atom stereocenters. The maximum absolute atomic E-state index is 5.67. The van der Waals surface area contributed by atoms with Gasteiger partial charge in [0.1, 0.15) is 0 Å². The second-order valence-electron chi connectivity index (χ2n) is 4.97. The van der Waals surface area contributed by atoms with E-state index < -0.39 is 0 Å². The fourth-order valence-corrected chi connectivity index (χ4v) is 2.04. The van der Waals surface area contributed by atoms with Crippen molar-refractivity contribution in [2.24, 2.45) is 0 Å². The second kappa shape index (κ2) is 6.12. The molecule has 0 aliphatic carbocycles. The van der Waals surface area contributed by atoms with Gasteiger partial charge in [0, 0.05) is 23.9 Å². The van der Waals surface area contributed by atoms with Crippen molar-refractivity contribution < 1.29 is 4.74 Å². The van der Waals surface area contributed by atoms with Crippen LogP contribution in [0.2, 0.25) is 0 Å². The Morgan fingerprint density at radius 1 is 1.47 bits per heavy atom. The van der Waals surface area contributed by atoms with Crippen LogP contribution in [0.25, 0.3) is 0 Å². The number of ether oxygens (including phenoxy) is 1. The van der Waals surface area contributed by atoms with Gasteiger partial charge in [0.05, 0.1) is 6.10 Å². The largest absolute Gasteiger partial charge is 0.378 e. The highest BCUT2D eigenvalue weighted by Crippen LogP contribution is 2.22. The van der Waals surface area contributed by atoms with E-state index in [-0.39, 0.29) is 0 Å². The summed E-state index contributed by atoms with van der Waals surface area (Å²) in [5.74, 6) is 0. The van der Waals surface area contributed by atoms with E-state index in [9.17, 15) is 0 Å². The van der Waals surface area contributed by atoms with Crippen LogP contribution < -0.4 is 5.32 Å². The van der Waals surface area contributed by atoms with Gasteiger partial charge in [-0.25, -0.2) is 0 Å². The van der Waals surface area contributed by atoms with Crippen molar-refractivity contribution in [3.8, 4) is 0 Å². The quantitative estimate of drug-likeness (QED) is 0.786. The molecule has 1 heterocycles. The molecule has 1 rings (SSSR count). The number of hydrogen-bond acceptors (Lipinski definition) is 3. The van der Waals surface area contributed by atoms with Crippen molar-refractivity contribution in [3.05, 3.63) is 0 Å². The highest BCUT2D eigenvalue weighted by Gasteiger charge is 2.23. The van der Waals surface area contributed by atoms with Gasteiger partial charge in [-0.2, -0.15) is 11.8 Å². The van der Waals surface area contributed by atoms with Crippen LogP contribution in [0.4, 0.5) is 0 Å². The molecule has 1 aliphatic rings. The number of thioether (sulfide) groups is 1. The van der Waals surface area contributed by atoms with Crippen molar-refractivity contribution in [3.63, 3.8) is 0 Å². The lowest BCUT2D eigenvalue weighted by molar-refractivity contribution is -0.000208. The van der Waals surface area contributed by atoms with Crippen molar-refractivity contribution >= 4 is 11.8 Å². The van der Waals surface area contributed by atoms with Gasteiger partial charge in [-0.05, 0) is 39.4 Å². The Hall–Kier alpha value is 0.270. The lowest BCUT2D eigenvalue weighted by Crippen LogP contribution is -2.43. The molecule has 0 aromatic carbocycles. The Bertz CT molecular complexity index is 184. The molecule has 0 bridgehead atoms. The second-order valence-corrected chi connectivity index (χ2v) is 6.48. The summed E-state index contributed by atoms with van der Waals surface area (Å²) >= 11 is 1.93. The summed E-state index contributed by atoms with van der Waals surface area (Å²) in [6.45, 7) is 8.81. The Morgan fingerprint density at radius 2 is 2.20 bits per heavy atom. The average Bonchev–Trinajstić information content (AvgIpc) is 2.27. The number of nitrogens with one attached hydrogen (secondary N) is 1. The van der Waals surface area contributed by atoms with Gasteiger partial charge >= 0.3 is 0 Å². The minimum atomic E-state index is 0.347. The zero-order chi connectivity index (χ0) is 11.3. The lowest BCUT2D eigenvalue weighted by atomic mass is 10.0. The zero-order valence-electron chi connectivity index (χ0n) is 10.5. The molecule has 90 valence electrons. The standard InChI is InChI=1S/C12H25NOS/c1-5-11-8-10(6-7-14-11)13-9-12(2,3)15-4/h10-11,13H,5-9H2,1-4H3.